The van der Waals surface area contributed by atoms with E-state index in [1.54, 1.807) is 7.11 Å². The summed E-state index contributed by atoms with van der Waals surface area (Å²) >= 11 is 12.0. The maximum Gasteiger partial charge on any atom is 0.0572 e. The van der Waals surface area contributed by atoms with E-state index in [2.05, 4.69) is 12.4 Å². The number of rotatable bonds is 4. The molecule has 88 valence electrons. The van der Waals surface area contributed by atoms with Crippen LogP contribution in [0.5, 0.6) is 0 Å². The molecular weight excluding hydrogens is 245 g/mol. The standard InChI is InChI=1S/C12H15Cl2NO/c1-7(15-16-2)10-6-11(10)9-4-3-8(13)5-12(9)14/h3-5,7,10-11,15H,6H2,1-2H3/t7?,10-,11-/m1/s1. The molecule has 1 aliphatic rings. The number of hydrogen-bond acceptors (Lipinski definition) is 2. The zero-order valence-corrected chi connectivity index (χ0v) is 10.8. The van der Waals surface area contributed by atoms with Crippen molar-refractivity contribution in [2.75, 3.05) is 7.11 Å². The monoisotopic (exact) mass is 259 g/mol. The van der Waals surface area contributed by atoms with E-state index in [0.717, 1.165) is 11.4 Å². The molecule has 1 N–H and O–H groups in total. The second-order valence-electron chi connectivity index (χ2n) is 4.28. The molecule has 0 bridgehead atoms. The van der Waals surface area contributed by atoms with Crippen LogP contribution in [0, 0.1) is 5.92 Å². The molecule has 1 aromatic carbocycles. The minimum absolute atomic E-state index is 0.349. The van der Waals surface area contributed by atoms with Gasteiger partial charge in [-0.3, -0.25) is 0 Å². The van der Waals surface area contributed by atoms with Crippen molar-refractivity contribution in [1.29, 1.82) is 0 Å². The fourth-order valence-electron chi connectivity index (χ4n) is 2.20. The lowest BCUT2D eigenvalue weighted by Crippen LogP contribution is -2.27. The lowest BCUT2D eigenvalue weighted by Gasteiger charge is -2.11. The first kappa shape index (κ1) is 12.2. The average Bonchev–Trinajstić information content (AvgIpc) is 2.98. The Bertz CT molecular complexity index is 383. The maximum atomic E-state index is 6.18. The highest BCUT2D eigenvalue weighted by Crippen LogP contribution is 2.51. The first-order valence-electron chi connectivity index (χ1n) is 5.37. The zero-order chi connectivity index (χ0) is 11.7. The summed E-state index contributed by atoms with van der Waals surface area (Å²) in [5.74, 6) is 1.13. The molecular formula is C12H15Cl2NO. The Labute approximate surface area is 106 Å². The molecule has 1 fully saturated rings. The van der Waals surface area contributed by atoms with E-state index in [9.17, 15) is 0 Å². The first-order valence-corrected chi connectivity index (χ1v) is 6.12. The summed E-state index contributed by atoms with van der Waals surface area (Å²) in [7, 11) is 1.64. The average molecular weight is 260 g/mol. The van der Waals surface area contributed by atoms with Gasteiger partial charge in [-0.25, -0.2) is 0 Å². The van der Waals surface area contributed by atoms with Crippen LogP contribution >= 0.6 is 23.2 Å². The third kappa shape index (κ3) is 2.51. The van der Waals surface area contributed by atoms with Gasteiger partial charge in [-0.15, -0.1) is 0 Å². The van der Waals surface area contributed by atoms with Gasteiger partial charge in [0.05, 0.1) is 7.11 Å². The first-order chi connectivity index (χ1) is 7.63. The van der Waals surface area contributed by atoms with Crippen LogP contribution in [-0.2, 0) is 4.84 Å². The van der Waals surface area contributed by atoms with Crippen LogP contribution in [0.15, 0.2) is 18.2 Å². The highest BCUT2D eigenvalue weighted by Gasteiger charge is 2.43. The molecule has 0 aliphatic heterocycles. The Morgan fingerprint density at radius 1 is 1.44 bits per heavy atom. The summed E-state index contributed by atoms with van der Waals surface area (Å²) in [6.45, 7) is 2.12. The molecule has 1 saturated carbocycles. The topological polar surface area (TPSA) is 21.3 Å². The van der Waals surface area contributed by atoms with Gasteiger partial charge in [0.25, 0.3) is 0 Å². The predicted molar refractivity (Wildman–Crippen MR) is 66.9 cm³/mol. The van der Waals surface area contributed by atoms with Gasteiger partial charge in [-0.2, -0.15) is 5.48 Å². The number of benzene rings is 1. The lowest BCUT2D eigenvalue weighted by molar-refractivity contribution is 0.0591. The van der Waals surface area contributed by atoms with Crippen LogP contribution in [0.4, 0.5) is 0 Å². The molecule has 0 saturated heterocycles. The second kappa shape index (κ2) is 4.92. The number of nitrogens with one attached hydrogen (secondary N) is 1. The van der Waals surface area contributed by atoms with Gasteiger partial charge < -0.3 is 4.84 Å². The number of hydroxylamine groups is 1. The Hall–Kier alpha value is -0.280. The molecule has 4 heteroatoms. The zero-order valence-electron chi connectivity index (χ0n) is 9.34. The minimum atomic E-state index is 0.349. The molecule has 0 heterocycles. The maximum absolute atomic E-state index is 6.18. The summed E-state index contributed by atoms with van der Waals surface area (Å²) < 4.78 is 0. The Balaban J connectivity index is 2.05. The molecule has 1 unspecified atom stereocenters. The lowest BCUT2D eigenvalue weighted by atomic mass is 10.1. The number of hydrogen-bond donors (Lipinski definition) is 1. The molecule has 0 aromatic heterocycles. The van der Waals surface area contributed by atoms with Crippen molar-refractivity contribution in [3.8, 4) is 0 Å². The van der Waals surface area contributed by atoms with Crippen LogP contribution in [0.25, 0.3) is 0 Å². The molecule has 0 radical (unpaired) electrons. The van der Waals surface area contributed by atoms with Crippen LogP contribution < -0.4 is 5.48 Å². The van der Waals surface area contributed by atoms with E-state index in [1.165, 1.54) is 5.56 Å². The largest absolute Gasteiger partial charge is 0.305 e. The smallest absolute Gasteiger partial charge is 0.0572 e. The minimum Gasteiger partial charge on any atom is -0.305 e. The fourth-order valence-corrected chi connectivity index (χ4v) is 2.75. The summed E-state index contributed by atoms with van der Waals surface area (Å²) in [5.41, 5.74) is 4.16. The third-order valence-electron chi connectivity index (χ3n) is 3.15. The Morgan fingerprint density at radius 3 is 2.81 bits per heavy atom. The quantitative estimate of drug-likeness (QED) is 0.834. The normalized spacial score (nSPS) is 25.5. The van der Waals surface area contributed by atoms with Gasteiger partial charge in [0.1, 0.15) is 0 Å². The third-order valence-corrected chi connectivity index (χ3v) is 3.71. The summed E-state index contributed by atoms with van der Waals surface area (Å²) in [6.07, 6.45) is 1.15. The summed E-state index contributed by atoms with van der Waals surface area (Å²) in [5, 5.41) is 1.46. The van der Waals surface area contributed by atoms with Crippen molar-refractivity contribution in [1.82, 2.24) is 5.48 Å². The van der Waals surface area contributed by atoms with E-state index >= 15 is 0 Å². The van der Waals surface area contributed by atoms with Crippen molar-refractivity contribution in [2.45, 2.75) is 25.3 Å². The van der Waals surface area contributed by atoms with Crippen LogP contribution in [0.1, 0.15) is 24.8 Å². The molecule has 0 spiro atoms. The Morgan fingerprint density at radius 2 is 2.19 bits per heavy atom. The van der Waals surface area contributed by atoms with E-state index in [-0.39, 0.29) is 0 Å². The molecule has 1 aromatic rings. The van der Waals surface area contributed by atoms with Gasteiger partial charge >= 0.3 is 0 Å². The Kier molecular flexibility index (Phi) is 3.75. The van der Waals surface area contributed by atoms with Gasteiger partial charge in [-0.1, -0.05) is 29.3 Å². The van der Waals surface area contributed by atoms with Crippen molar-refractivity contribution < 1.29 is 4.84 Å². The highest BCUT2D eigenvalue weighted by molar-refractivity contribution is 6.35. The summed E-state index contributed by atoms with van der Waals surface area (Å²) in [4.78, 5) is 4.93. The molecule has 16 heavy (non-hydrogen) atoms. The highest BCUT2D eigenvalue weighted by atomic mass is 35.5. The van der Waals surface area contributed by atoms with Crippen molar-refractivity contribution >= 4 is 23.2 Å². The summed E-state index contributed by atoms with van der Waals surface area (Å²) in [6, 6.07) is 6.07. The van der Waals surface area contributed by atoms with Gasteiger partial charge in [0.15, 0.2) is 0 Å². The molecule has 1 aliphatic carbocycles. The van der Waals surface area contributed by atoms with E-state index < -0.39 is 0 Å². The SMILES string of the molecule is CONC(C)[C@H]1C[C@@H]1c1ccc(Cl)cc1Cl. The van der Waals surface area contributed by atoms with E-state index in [1.807, 2.05) is 18.2 Å². The second-order valence-corrected chi connectivity index (χ2v) is 5.13. The van der Waals surface area contributed by atoms with Gasteiger partial charge in [-0.05, 0) is 42.9 Å². The van der Waals surface area contributed by atoms with Crippen LogP contribution in [-0.4, -0.2) is 13.2 Å². The van der Waals surface area contributed by atoms with E-state index in [0.29, 0.717) is 22.9 Å². The van der Waals surface area contributed by atoms with E-state index in [4.69, 9.17) is 28.0 Å². The molecule has 0 amide bonds. The van der Waals surface area contributed by atoms with Crippen molar-refractivity contribution in [2.24, 2.45) is 5.92 Å². The van der Waals surface area contributed by atoms with Gasteiger partial charge in [0, 0.05) is 16.1 Å². The van der Waals surface area contributed by atoms with Crippen molar-refractivity contribution in [3.63, 3.8) is 0 Å². The predicted octanol–water partition coefficient (Wildman–Crippen LogP) is 3.64. The molecule has 2 nitrogen and oxygen atoms in total. The van der Waals surface area contributed by atoms with Crippen molar-refractivity contribution in [3.05, 3.63) is 33.8 Å². The molecule has 3 atom stereocenters. The van der Waals surface area contributed by atoms with Crippen LogP contribution in [0.3, 0.4) is 0 Å². The molecule has 2 rings (SSSR count). The van der Waals surface area contributed by atoms with Crippen LogP contribution in [0.2, 0.25) is 10.0 Å². The van der Waals surface area contributed by atoms with Gasteiger partial charge in [0.2, 0.25) is 0 Å². The number of halogens is 2. The fraction of sp³-hybridized carbons (Fsp3) is 0.500.